The molecule has 0 saturated heterocycles. The summed E-state index contributed by atoms with van der Waals surface area (Å²) in [4.78, 5) is 64.3. The number of fused-ring (bicyclic) bond motifs is 2. The van der Waals surface area contributed by atoms with Crippen molar-refractivity contribution in [2.24, 2.45) is 0 Å². The van der Waals surface area contributed by atoms with Crippen molar-refractivity contribution in [3.8, 4) is 0 Å². The maximum atomic E-state index is 12.4. The number of carbonyl (C=O) groups is 5. The van der Waals surface area contributed by atoms with E-state index in [1.165, 1.54) is 4.90 Å². The van der Waals surface area contributed by atoms with Gasteiger partial charge in [0.2, 0.25) is 11.0 Å². The van der Waals surface area contributed by atoms with Crippen LogP contribution in [0.5, 0.6) is 0 Å². The number of nitrogens with one attached hydrogen (secondary N) is 1. The number of benzene rings is 2. The van der Waals surface area contributed by atoms with Crippen LogP contribution in [0.25, 0.3) is 0 Å². The van der Waals surface area contributed by atoms with Crippen LogP contribution in [0.3, 0.4) is 0 Å². The van der Waals surface area contributed by atoms with Crippen LogP contribution in [-0.2, 0) is 11.2 Å². The molecule has 0 saturated carbocycles. The van der Waals surface area contributed by atoms with Crippen LogP contribution in [0.4, 0.5) is 5.13 Å². The molecule has 10 nitrogen and oxygen atoms in total. The molecule has 0 bridgehead atoms. The zero-order valence-electron chi connectivity index (χ0n) is 18.4. The maximum absolute atomic E-state index is 12.4. The molecule has 2 aliphatic rings. The average molecular weight is 490 g/mol. The van der Waals surface area contributed by atoms with E-state index in [0.29, 0.717) is 45.2 Å². The van der Waals surface area contributed by atoms with Crippen LogP contribution in [0.1, 0.15) is 59.3 Å². The van der Waals surface area contributed by atoms with E-state index in [9.17, 15) is 24.0 Å². The predicted molar refractivity (Wildman–Crippen MR) is 125 cm³/mol. The molecule has 1 N–H and O–H groups in total. The lowest BCUT2D eigenvalue weighted by Crippen LogP contribution is -2.31. The summed E-state index contributed by atoms with van der Waals surface area (Å²) < 4.78 is 0. The monoisotopic (exact) mass is 489 g/mol. The van der Waals surface area contributed by atoms with Gasteiger partial charge in [0.05, 0.1) is 22.3 Å². The van der Waals surface area contributed by atoms with Gasteiger partial charge in [0.25, 0.3) is 23.6 Å². The van der Waals surface area contributed by atoms with E-state index >= 15 is 0 Å². The third-order valence-corrected chi connectivity index (χ3v) is 6.70. The quantitative estimate of drug-likeness (QED) is 0.481. The lowest BCUT2D eigenvalue weighted by Gasteiger charge is -2.13. The molecule has 5 rings (SSSR count). The first-order chi connectivity index (χ1) is 16.9. The Balaban J connectivity index is 1.09. The van der Waals surface area contributed by atoms with Crippen molar-refractivity contribution in [3.05, 3.63) is 75.8 Å². The molecule has 2 aromatic carbocycles. The fraction of sp³-hybridized carbons (Fsp3) is 0.208. The van der Waals surface area contributed by atoms with Crippen molar-refractivity contribution >= 4 is 46.0 Å². The standard InChI is InChI=1S/C24H19N5O5S/c30-18(10-5-12-28-20(31)14-6-1-2-7-15(14)21(28)32)25-24-27-26-19(35-24)11-13-29-22(33)16-8-3-4-9-17(16)23(29)34/h1-4,6-9H,5,10-13H2,(H,25,27,30). The number of carbonyl (C=O) groups excluding carboxylic acids is 5. The smallest absolute Gasteiger partial charge is 0.261 e. The van der Waals surface area contributed by atoms with E-state index < -0.39 is 0 Å². The van der Waals surface area contributed by atoms with Gasteiger partial charge in [0.15, 0.2) is 0 Å². The molecule has 0 fully saturated rings. The third kappa shape index (κ3) is 4.21. The van der Waals surface area contributed by atoms with Crippen LogP contribution in [0, 0.1) is 0 Å². The summed E-state index contributed by atoms with van der Waals surface area (Å²) >= 11 is 1.16. The van der Waals surface area contributed by atoms with Gasteiger partial charge in [-0.15, -0.1) is 10.2 Å². The van der Waals surface area contributed by atoms with Crippen molar-refractivity contribution in [3.63, 3.8) is 0 Å². The number of hydrogen-bond donors (Lipinski definition) is 1. The molecule has 0 aliphatic carbocycles. The molecule has 0 spiro atoms. The SMILES string of the molecule is O=C(CCCN1C(=O)c2ccccc2C1=O)Nc1nnc(CCN2C(=O)c3ccccc3C2=O)s1. The molecule has 3 heterocycles. The fourth-order valence-electron chi connectivity index (χ4n) is 4.08. The first kappa shape index (κ1) is 22.5. The molecule has 2 aliphatic heterocycles. The van der Waals surface area contributed by atoms with E-state index in [2.05, 4.69) is 15.5 Å². The summed E-state index contributed by atoms with van der Waals surface area (Å²) in [7, 11) is 0. The number of aromatic nitrogens is 2. The molecule has 0 radical (unpaired) electrons. The summed E-state index contributed by atoms with van der Waals surface area (Å²) in [5.41, 5.74) is 1.54. The van der Waals surface area contributed by atoms with Crippen molar-refractivity contribution in [1.29, 1.82) is 0 Å². The third-order valence-electron chi connectivity index (χ3n) is 5.80. The summed E-state index contributed by atoms with van der Waals surface area (Å²) in [5.74, 6) is -1.68. The van der Waals surface area contributed by atoms with Crippen LogP contribution in [0.15, 0.2) is 48.5 Å². The number of amides is 5. The molecule has 1 aromatic heterocycles. The first-order valence-electron chi connectivity index (χ1n) is 11.0. The van der Waals surface area contributed by atoms with Gasteiger partial charge in [-0.1, -0.05) is 35.6 Å². The van der Waals surface area contributed by atoms with Gasteiger partial charge in [-0.3, -0.25) is 33.8 Å². The lowest BCUT2D eigenvalue weighted by molar-refractivity contribution is -0.116. The highest BCUT2D eigenvalue weighted by Crippen LogP contribution is 2.24. The van der Waals surface area contributed by atoms with Gasteiger partial charge < -0.3 is 5.32 Å². The lowest BCUT2D eigenvalue weighted by atomic mass is 10.1. The van der Waals surface area contributed by atoms with Gasteiger partial charge in [0.1, 0.15) is 5.01 Å². The predicted octanol–water partition coefficient (Wildman–Crippen LogP) is 2.39. The summed E-state index contributed by atoms with van der Waals surface area (Å²) in [6.07, 6.45) is 0.721. The van der Waals surface area contributed by atoms with E-state index in [1.807, 2.05) is 0 Å². The molecule has 11 heteroatoms. The van der Waals surface area contributed by atoms with Gasteiger partial charge in [0, 0.05) is 25.9 Å². The summed E-state index contributed by atoms with van der Waals surface area (Å²) in [6, 6.07) is 13.3. The van der Waals surface area contributed by atoms with Gasteiger partial charge in [-0.2, -0.15) is 0 Å². The van der Waals surface area contributed by atoms with E-state index in [4.69, 9.17) is 0 Å². The van der Waals surface area contributed by atoms with Gasteiger partial charge in [-0.25, -0.2) is 0 Å². The second-order valence-corrected chi connectivity index (χ2v) is 9.08. The maximum Gasteiger partial charge on any atom is 0.261 e. The van der Waals surface area contributed by atoms with Crippen molar-refractivity contribution in [1.82, 2.24) is 20.0 Å². The van der Waals surface area contributed by atoms with E-state index in [0.717, 1.165) is 16.2 Å². The summed E-state index contributed by atoms with van der Waals surface area (Å²) in [6.45, 7) is 0.302. The minimum absolute atomic E-state index is 0.0946. The van der Waals surface area contributed by atoms with E-state index in [-0.39, 0.29) is 49.0 Å². The Labute approximate surface area is 203 Å². The molecule has 3 aromatic rings. The number of anilines is 1. The largest absolute Gasteiger partial charge is 0.301 e. The van der Waals surface area contributed by atoms with Crippen molar-refractivity contribution < 1.29 is 24.0 Å². The first-order valence-corrected chi connectivity index (χ1v) is 11.8. The van der Waals surface area contributed by atoms with Gasteiger partial charge in [-0.05, 0) is 30.7 Å². The Morgan fingerprint density at radius 1 is 0.743 bits per heavy atom. The minimum atomic E-state index is -0.349. The molecular weight excluding hydrogens is 470 g/mol. The Morgan fingerprint density at radius 2 is 1.23 bits per heavy atom. The average Bonchev–Trinajstić information content (AvgIpc) is 3.48. The highest BCUT2D eigenvalue weighted by atomic mass is 32.1. The zero-order chi connectivity index (χ0) is 24.5. The Hall–Kier alpha value is -4.25. The number of nitrogens with zero attached hydrogens (tertiary/aromatic N) is 4. The highest BCUT2D eigenvalue weighted by molar-refractivity contribution is 7.15. The molecular formula is C24H19N5O5S. The Kier molecular flexibility index (Phi) is 5.91. The van der Waals surface area contributed by atoms with Crippen LogP contribution in [-0.4, -0.2) is 62.6 Å². The second-order valence-electron chi connectivity index (χ2n) is 8.02. The molecule has 5 amide bonds. The fourth-order valence-corrected chi connectivity index (χ4v) is 4.82. The van der Waals surface area contributed by atoms with Crippen LogP contribution in [0.2, 0.25) is 0 Å². The minimum Gasteiger partial charge on any atom is -0.301 e. The molecule has 176 valence electrons. The molecule has 0 atom stereocenters. The van der Waals surface area contributed by atoms with Crippen LogP contribution >= 0.6 is 11.3 Å². The number of rotatable bonds is 8. The van der Waals surface area contributed by atoms with E-state index in [1.54, 1.807) is 48.5 Å². The topological polar surface area (TPSA) is 130 Å². The zero-order valence-corrected chi connectivity index (χ0v) is 19.2. The second kappa shape index (κ2) is 9.18. The highest BCUT2D eigenvalue weighted by Gasteiger charge is 2.35. The Bertz CT molecular complexity index is 1310. The Morgan fingerprint density at radius 3 is 1.74 bits per heavy atom. The number of hydrogen-bond acceptors (Lipinski definition) is 8. The van der Waals surface area contributed by atoms with Crippen molar-refractivity contribution in [2.45, 2.75) is 19.3 Å². The number of imide groups is 2. The normalized spacial score (nSPS) is 14.5. The summed E-state index contributed by atoms with van der Waals surface area (Å²) in [5, 5.41) is 11.5. The molecule has 0 unspecified atom stereocenters. The van der Waals surface area contributed by atoms with Crippen molar-refractivity contribution in [2.75, 3.05) is 18.4 Å². The molecule has 35 heavy (non-hydrogen) atoms. The van der Waals surface area contributed by atoms with Gasteiger partial charge >= 0.3 is 0 Å². The van der Waals surface area contributed by atoms with Crippen LogP contribution < -0.4 is 5.32 Å².